The maximum absolute atomic E-state index is 5.25. The van der Waals surface area contributed by atoms with E-state index in [2.05, 4.69) is 46.1 Å². The van der Waals surface area contributed by atoms with Gasteiger partial charge in [0.2, 0.25) is 0 Å². The van der Waals surface area contributed by atoms with Crippen LogP contribution in [0.25, 0.3) is 0 Å². The second-order valence-corrected chi connectivity index (χ2v) is 6.93. The Balaban J connectivity index is 1.62. The SMILES string of the molecule is COc1ccc(CCN(Cc2ccccn2)CC2CCCN2C)cc1. The Morgan fingerprint density at radius 3 is 2.68 bits per heavy atom. The summed E-state index contributed by atoms with van der Waals surface area (Å²) in [6.45, 7) is 4.30. The second kappa shape index (κ2) is 8.97. The molecule has 0 N–H and O–H groups in total. The van der Waals surface area contributed by atoms with Gasteiger partial charge in [-0.3, -0.25) is 9.88 Å². The molecule has 1 aromatic heterocycles. The van der Waals surface area contributed by atoms with Gasteiger partial charge in [-0.1, -0.05) is 18.2 Å². The molecule has 1 aliphatic heterocycles. The van der Waals surface area contributed by atoms with Crippen LogP contribution in [0.15, 0.2) is 48.7 Å². The van der Waals surface area contributed by atoms with Crippen LogP contribution >= 0.6 is 0 Å². The van der Waals surface area contributed by atoms with E-state index in [9.17, 15) is 0 Å². The van der Waals surface area contributed by atoms with Gasteiger partial charge in [0.05, 0.1) is 12.8 Å². The van der Waals surface area contributed by atoms with Gasteiger partial charge in [0.25, 0.3) is 0 Å². The van der Waals surface area contributed by atoms with Gasteiger partial charge in [-0.2, -0.15) is 0 Å². The van der Waals surface area contributed by atoms with E-state index in [1.807, 2.05) is 24.4 Å². The number of ether oxygens (including phenoxy) is 1. The zero-order valence-corrected chi connectivity index (χ0v) is 15.4. The summed E-state index contributed by atoms with van der Waals surface area (Å²) in [6, 6.07) is 15.3. The van der Waals surface area contributed by atoms with E-state index >= 15 is 0 Å². The summed E-state index contributed by atoms with van der Waals surface area (Å²) in [6.07, 6.45) is 5.56. The lowest BCUT2D eigenvalue weighted by Crippen LogP contribution is -2.39. The molecule has 1 saturated heterocycles. The van der Waals surface area contributed by atoms with Crippen molar-refractivity contribution in [1.82, 2.24) is 14.8 Å². The van der Waals surface area contributed by atoms with Crippen molar-refractivity contribution in [3.05, 3.63) is 59.9 Å². The zero-order valence-electron chi connectivity index (χ0n) is 15.4. The van der Waals surface area contributed by atoms with Crippen molar-refractivity contribution in [2.75, 3.05) is 33.8 Å². The Morgan fingerprint density at radius 2 is 2.04 bits per heavy atom. The molecule has 2 heterocycles. The summed E-state index contributed by atoms with van der Waals surface area (Å²) in [5.74, 6) is 0.918. The van der Waals surface area contributed by atoms with E-state index in [0.717, 1.165) is 37.5 Å². The van der Waals surface area contributed by atoms with E-state index in [-0.39, 0.29) is 0 Å². The summed E-state index contributed by atoms with van der Waals surface area (Å²) in [5.41, 5.74) is 2.50. The molecule has 0 saturated carbocycles. The third kappa shape index (κ3) is 5.28. The zero-order chi connectivity index (χ0) is 17.5. The number of pyridine rings is 1. The Hall–Kier alpha value is -1.91. The van der Waals surface area contributed by atoms with Crippen LogP contribution in [0.2, 0.25) is 0 Å². The quantitative estimate of drug-likeness (QED) is 0.738. The van der Waals surface area contributed by atoms with Crippen LogP contribution in [0.3, 0.4) is 0 Å². The van der Waals surface area contributed by atoms with Crippen LogP contribution in [0.4, 0.5) is 0 Å². The Kier molecular flexibility index (Phi) is 6.42. The molecule has 2 aromatic rings. The van der Waals surface area contributed by atoms with Crippen molar-refractivity contribution in [2.24, 2.45) is 0 Å². The minimum Gasteiger partial charge on any atom is -0.497 e. The predicted molar refractivity (Wildman–Crippen MR) is 102 cm³/mol. The van der Waals surface area contributed by atoms with Crippen LogP contribution < -0.4 is 4.74 Å². The van der Waals surface area contributed by atoms with Crippen molar-refractivity contribution in [3.8, 4) is 5.75 Å². The van der Waals surface area contributed by atoms with E-state index < -0.39 is 0 Å². The summed E-state index contributed by atoms with van der Waals surface area (Å²) in [4.78, 5) is 9.57. The first-order valence-electron chi connectivity index (χ1n) is 9.20. The Bertz CT molecular complexity index is 629. The van der Waals surface area contributed by atoms with Gasteiger partial charge in [0.1, 0.15) is 5.75 Å². The molecule has 1 atom stereocenters. The minimum atomic E-state index is 0.666. The van der Waals surface area contributed by atoms with Gasteiger partial charge in [0.15, 0.2) is 0 Å². The molecule has 0 spiro atoms. The fraction of sp³-hybridized carbons (Fsp3) is 0.476. The van der Waals surface area contributed by atoms with Gasteiger partial charge >= 0.3 is 0 Å². The topological polar surface area (TPSA) is 28.6 Å². The van der Waals surface area contributed by atoms with Gasteiger partial charge in [0, 0.05) is 31.9 Å². The van der Waals surface area contributed by atoms with Crippen molar-refractivity contribution >= 4 is 0 Å². The summed E-state index contributed by atoms with van der Waals surface area (Å²) < 4.78 is 5.25. The fourth-order valence-electron chi connectivity index (χ4n) is 3.54. The van der Waals surface area contributed by atoms with Crippen LogP contribution in [-0.2, 0) is 13.0 Å². The van der Waals surface area contributed by atoms with Crippen LogP contribution in [-0.4, -0.2) is 54.6 Å². The number of likely N-dealkylation sites (tertiary alicyclic amines) is 1. The number of methoxy groups -OCH3 is 1. The number of nitrogens with zero attached hydrogens (tertiary/aromatic N) is 3. The molecular weight excluding hydrogens is 310 g/mol. The molecule has 1 fully saturated rings. The van der Waals surface area contributed by atoms with Crippen molar-refractivity contribution in [2.45, 2.75) is 31.8 Å². The van der Waals surface area contributed by atoms with E-state index in [0.29, 0.717) is 6.04 Å². The van der Waals surface area contributed by atoms with Gasteiger partial charge in [-0.05, 0) is 62.7 Å². The summed E-state index contributed by atoms with van der Waals surface area (Å²) >= 11 is 0. The minimum absolute atomic E-state index is 0.666. The van der Waals surface area contributed by atoms with Crippen molar-refractivity contribution in [3.63, 3.8) is 0 Å². The second-order valence-electron chi connectivity index (χ2n) is 6.93. The van der Waals surface area contributed by atoms with E-state index in [4.69, 9.17) is 4.74 Å². The summed E-state index contributed by atoms with van der Waals surface area (Å²) in [5, 5.41) is 0. The van der Waals surface area contributed by atoms with E-state index in [1.165, 1.54) is 24.9 Å². The van der Waals surface area contributed by atoms with Crippen molar-refractivity contribution < 1.29 is 4.74 Å². The molecule has 0 aliphatic carbocycles. The largest absolute Gasteiger partial charge is 0.497 e. The maximum atomic E-state index is 5.25. The number of likely N-dealkylation sites (N-methyl/N-ethyl adjacent to an activating group) is 1. The Labute approximate surface area is 151 Å². The molecule has 134 valence electrons. The average molecular weight is 339 g/mol. The molecule has 25 heavy (non-hydrogen) atoms. The summed E-state index contributed by atoms with van der Waals surface area (Å²) in [7, 11) is 3.96. The maximum Gasteiger partial charge on any atom is 0.118 e. The van der Waals surface area contributed by atoms with Crippen molar-refractivity contribution in [1.29, 1.82) is 0 Å². The lowest BCUT2D eigenvalue weighted by atomic mass is 10.1. The first-order chi connectivity index (χ1) is 12.2. The molecule has 3 rings (SSSR count). The molecular formula is C21H29N3O. The lowest BCUT2D eigenvalue weighted by Gasteiger charge is -2.28. The van der Waals surface area contributed by atoms with Gasteiger partial charge < -0.3 is 9.64 Å². The van der Waals surface area contributed by atoms with Crippen LogP contribution in [0.5, 0.6) is 5.75 Å². The molecule has 1 unspecified atom stereocenters. The molecule has 1 aliphatic rings. The lowest BCUT2D eigenvalue weighted by molar-refractivity contribution is 0.186. The average Bonchev–Trinajstić information content (AvgIpc) is 3.05. The molecule has 0 bridgehead atoms. The molecule has 4 heteroatoms. The predicted octanol–water partition coefficient (Wildman–Crippen LogP) is 3.23. The third-order valence-corrected chi connectivity index (χ3v) is 5.13. The standard InChI is InChI=1S/C21H29N3O/c1-23-14-5-7-20(23)17-24(16-19-6-3-4-13-22-19)15-12-18-8-10-21(25-2)11-9-18/h3-4,6,8-11,13,20H,5,7,12,14-17H2,1-2H3. The van der Waals surface area contributed by atoms with Gasteiger partial charge in [-0.25, -0.2) is 0 Å². The molecule has 0 amide bonds. The molecule has 4 nitrogen and oxygen atoms in total. The van der Waals surface area contributed by atoms with Crippen LogP contribution in [0, 0.1) is 0 Å². The smallest absolute Gasteiger partial charge is 0.118 e. The highest BCUT2D eigenvalue weighted by atomic mass is 16.5. The van der Waals surface area contributed by atoms with Crippen LogP contribution in [0.1, 0.15) is 24.1 Å². The number of hydrogen-bond donors (Lipinski definition) is 0. The van der Waals surface area contributed by atoms with Gasteiger partial charge in [-0.15, -0.1) is 0 Å². The number of aromatic nitrogens is 1. The monoisotopic (exact) mass is 339 g/mol. The fourth-order valence-corrected chi connectivity index (χ4v) is 3.54. The molecule has 1 aromatic carbocycles. The normalized spacial score (nSPS) is 18.0. The first-order valence-corrected chi connectivity index (χ1v) is 9.20. The first kappa shape index (κ1) is 17.9. The highest BCUT2D eigenvalue weighted by molar-refractivity contribution is 5.27. The number of benzene rings is 1. The highest BCUT2D eigenvalue weighted by Crippen LogP contribution is 2.18. The number of hydrogen-bond acceptors (Lipinski definition) is 4. The highest BCUT2D eigenvalue weighted by Gasteiger charge is 2.23. The number of rotatable bonds is 8. The third-order valence-electron chi connectivity index (χ3n) is 5.13. The van der Waals surface area contributed by atoms with E-state index in [1.54, 1.807) is 7.11 Å². The molecule has 0 radical (unpaired) electrons. The Morgan fingerprint density at radius 1 is 1.20 bits per heavy atom.